The highest BCUT2D eigenvalue weighted by atomic mass is 16.6. The van der Waals surface area contributed by atoms with Gasteiger partial charge in [-0.1, -0.05) is 37.1 Å². The molecule has 1 aromatic carbocycles. The van der Waals surface area contributed by atoms with Gasteiger partial charge in [-0.2, -0.15) is 0 Å². The molecule has 3 heteroatoms. The summed E-state index contributed by atoms with van der Waals surface area (Å²) in [7, 11) is 0. The van der Waals surface area contributed by atoms with E-state index in [-0.39, 0.29) is 11.6 Å². The van der Waals surface area contributed by atoms with Crippen LogP contribution in [-0.2, 0) is 16.7 Å². The maximum atomic E-state index is 12.3. The van der Waals surface area contributed by atoms with Gasteiger partial charge in [-0.05, 0) is 57.1 Å². The first-order valence-electron chi connectivity index (χ1n) is 8.00. The molecule has 0 unspecified atom stereocenters. The van der Waals surface area contributed by atoms with Crippen molar-refractivity contribution < 1.29 is 9.53 Å². The maximum absolute atomic E-state index is 12.3. The standard InChI is InChI=1S/C18H25NO2/c1-17(2,3)21-16(20)19-18-11-7-6-9-14(18)12-13-8-4-5-10-15(13)18/h4-5,8,10,14H,6-7,9,11-12H2,1-3H3,(H,19,20)/t14-,18+/m0/s1. The molecular formula is C18H25NO2. The van der Waals surface area contributed by atoms with Crippen LogP contribution < -0.4 is 5.32 Å². The van der Waals surface area contributed by atoms with Gasteiger partial charge in [-0.3, -0.25) is 0 Å². The highest BCUT2D eigenvalue weighted by Gasteiger charge is 2.49. The molecule has 0 heterocycles. The Kier molecular flexibility index (Phi) is 3.46. The summed E-state index contributed by atoms with van der Waals surface area (Å²) in [6, 6.07) is 8.55. The zero-order valence-electron chi connectivity index (χ0n) is 13.2. The van der Waals surface area contributed by atoms with Gasteiger partial charge in [-0.25, -0.2) is 4.79 Å². The molecule has 1 N–H and O–H groups in total. The van der Waals surface area contributed by atoms with Gasteiger partial charge in [0.15, 0.2) is 0 Å². The fourth-order valence-corrected chi connectivity index (χ4v) is 3.99. The molecule has 2 aliphatic carbocycles. The van der Waals surface area contributed by atoms with Crippen molar-refractivity contribution in [2.75, 3.05) is 0 Å². The maximum Gasteiger partial charge on any atom is 0.408 e. The first-order chi connectivity index (χ1) is 9.91. The number of nitrogens with one attached hydrogen (secondary N) is 1. The average Bonchev–Trinajstić information content (AvgIpc) is 2.70. The number of hydrogen-bond donors (Lipinski definition) is 1. The molecule has 3 nitrogen and oxygen atoms in total. The fourth-order valence-electron chi connectivity index (χ4n) is 3.99. The normalized spacial score (nSPS) is 27.7. The quantitative estimate of drug-likeness (QED) is 0.842. The van der Waals surface area contributed by atoms with E-state index in [2.05, 4.69) is 29.6 Å². The molecule has 3 rings (SSSR count). The molecule has 0 aromatic heterocycles. The third-order valence-corrected chi connectivity index (χ3v) is 4.76. The average molecular weight is 287 g/mol. The summed E-state index contributed by atoms with van der Waals surface area (Å²) >= 11 is 0. The van der Waals surface area contributed by atoms with E-state index in [0.29, 0.717) is 5.92 Å². The minimum Gasteiger partial charge on any atom is -0.444 e. The highest BCUT2D eigenvalue weighted by molar-refractivity contribution is 5.70. The van der Waals surface area contributed by atoms with Crippen LogP contribution in [-0.4, -0.2) is 11.7 Å². The number of alkyl carbamates (subject to hydrolysis) is 1. The van der Waals surface area contributed by atoms with Crippen molar-refractivity contribution in [2.45, 2.75) is 64.0 Å². The number of rotatable bonds is 1. The highest BCUT2D eigenvalue weighted by Crippen LogP contribution is 2.49. The van der Waals surface area contributed by atoms with Crippen molar-refractivity contribution in [1.82, 2.24) is 5.32 Å². The van der Waals surface area contributed by atoms with Gasteiger partial charge in [0.2, 0.25) is 0 Å². The van der Waals surface area contributed by atoms with E-state index in [0.717, 1.165) is 12.8 Å². The van der Waals surface area contributed by atoms with E-state index >= 15 is 0 Å². The smallest absolute Gasteiger partial charge is 0.408 e. The fraction of sp³-hybridized carbons (Fsp3) is 0.611. The zero-order valence-corrected chi connectivity index (χ0v) is 13.2. The van der Waals surface area contributed by atoms with Gasteiger partial charge in [0.05, 0.1) is 5.54 Å². The lowest BCUT2D eigenvalue weighted by atomic mass is 9.73. The van der Waals surface area contributed by atoms with Crippen LogP contribution in [0.2, 0.25) is 0 Å². The SMILES string of the molecule is CC(C)(C)OC(=O)N[C@]12CCCC[C@H]1Cc1ccccc12. The molecule has 21 heavy (non-hydrogen) atoms. The summed E-state index contributed by atoms with van der Waals surface area (Å²) in [5.74, 6) is 0.510. The number of amides is 1. The van der Waals surface area contributed by atoms with Crippen molar-refractivity contribution in [3.05, 3.63) is 35.4 Å². The van der Waals surface area contributed by atoms with Crippen LogP contribution in [0.5, 0.6) is 0 Å². The minimum atomic E-state index is -0.455. The molecule has 1 saturated carbocycles. The predicted molar refractivity (Wildman–Crippen MR) is 83.2 cm³/mol. The van der Waals surface area contributed by atoms with Crippen molar-refractivity contribution in [2.24, 2.45) is 5.92 Å². The van der Waals surface area contributed by atoms with Crippen LogP contribution in [0.15, 0.2) is 24.3 Å². The van der Waals surface area contributed by atoms with Gasteiger partial charge < -0.3 is 10.1 Å². The zero-order chi connectivity index (χ0) is 15.1. The number of hydrogen-bond acceptors (Lipinski definition) is 2. The van der Waals surface area contributed by atoms with E-state index in [1.165, 1.54) is 30.4 Å². The molecule has 1 amide bonds. The Morgan fingerprint density at radius 2 is 2.05 bits per heavy atom. The van der Waals surface area contributed by atoms with Crippen LogP contribution in [0.3, 0.4) is 0 Å². The molecule has 0 aliphatic heterocycles. The molecule has 0 bridgehead atoms. The van der Waals surface area contributed by atoms with E-state index in [9.17, 15) is 4.79 Å². The Balaban J connectivity index is 1.90. The lowest BCUT2D eigenvalue weighted by molar-refractivity contribution is 0.0366. The second-order valence-electron chi connectivity index (χ2n) is 7.40. The molecule has 1 aromatic rings. The van der Waals surface area contributed by atoms with E-state index in [1.54, 1.807) is 0 Å². The first kappa shape index (κ1) is 14.4. The van der Waals surface area contributed by atoms with Gasteiger partial charge in [0.25, 0.3) is 0 Å². The third-order valence-electron chi connectivity index (χ3n) is 4.76. The van der Waals surface area contributed by atoms with E-state index in [1.807, 2.05) is 20.8 Å². The van der Waals surface area contributed by atoms with E-state index < -0.39 is 5.60 Å². The Bertz CT molecular complexity index is 546. The summed E-state index contributed by atoms with van der Waals surface area (Å²) in [5, 5.41) is 3.25. The lowest BCUT2D eigenvalue weighted by Crippen LogP contribution is -2.51. The first-order valence-corrected chi connectivity index (χ1v) is 8.00. The summed E-state index contributed by atoms with van der Waals surface area (Å²) < 4.78 is 5.51. The topological polar surface area (TPSA) is 38.3 Å². The van der Waals surface area contributed by atoms with Crippen LogP contribution in [0.1, 0.15) is 57.6 Å². The monoisotopic (exact) mass is 287 g/mol. The Hall–Kier alpha value is -1.51. The number of carbonyl (C=O) groups excluding carboxylic acids is 1. The molecule has 0 radical (unpaired) electrons. The number of fused-ring (bicyclic) bond motifs is 3. The molecule has 2 aliphatic rings. The van der Waals surface area contributed by atoms with Crippen molar-refractivity contribution in [3.63, 3.8) is 0 Å². The van der Waals surface area contributed by atoms with Gasteiger partial charge in [-0.15, -0.1) is 0 Å². The predicted octanol–water partition coefficient (Wildman–Crippen LogP) is 4.15. The molecule has 0 saturated heterocycles. The number of carbonyl (C=O) groups is 1. The summed E-state index contributed by atoms with van der Waals surface area (Å²) in [6.07, 6.45) is 5.42. The molecule has 2 atom stereocenters. The van der Waals surface area contributed by atoms with Crippen LogP contribution in [0.25, 0.3) is 0 Å². The Morgan fingerprint density at radius 3 is 2.81 bits per heavy atom. The van der Waals surface area contributed by atoms with E-state index in [4.69, 9.17) is 4.74 Å². The summed E-state index contributed by atoms with van der Waals surface area (Å²) in [4.78, 5) is 12.3. The summed E-state index contributed by atoms with van der Waals surface area (Å²) in [6.45, 7) is 5.72. The Morgan fingerprint density at radius 1 is 1.29 bits per heavy atom. The van der Waals surface area contributed by atoms with Crippen LogP contribution in [0, 0.1) is 5.92 Å². The summed E-state index contributed by atoms with van der Waals surface area (Å²) in [5.41, 5.74) is 2.03. The van der Waals surface area contributed by atoms with Crippen molar-refractivity contribution in [3.8, 4) is 0 Å². The second-order valence-corrected chi connectivity index (χ2v) is 7.40. The van der Waals surface area contributed by atoms with Gasteiger partial charge >= 0.3 is 6.09 Å². The minimum absolute atomic E-state index is 0.211. The number of ether oxygens (including phenoxy) is 1. The Labute approximate surface area is 127 Å². The largest absolute Gasteiger partial charge is 0.444 e. The van der Waals surface area contributed by atoms with Gasteiger partial charge in [0.1, 0.15) is 5.60 Å². The van der Waals surface area contributed by atoms with Crippen molar-refractivity contribution >= 4 is 6.09 Å². The molecule has 114 valence electrons. The lowest BCUT2D eigenvalue weighted by Gasteiger charge is -2.41. The molecular weight excluding hydrogens is 262 g/mol. The van der Waals surface area contributed by atoms with Gasteiger partial charge in [0, 0.05) is 0 Å². The van der Waals surface area contributed by atoms with Crippen LogP contribution >= 0.6 is 0 Å². The number of benzene rings is 1. The molecule has 1 fully saturated rings. The van der Waals surface area contributed by atoms with Crippen LogP contribution in [0.4, 0.5) is 4.79 Å². The van der Waals surface area contributed by atoms with Crippen molar-refractivity contribution in [1.29, 1.82) is 0 Å². The second kappa shape index (κ2) is 5.04. The molecule has 0 spiro atoms. The third kappa shape index (κ3) is 2.66.